The Labute approximate surface area is 184 Å². The van der Waals surface area contributed by atoms with Crippen LogP contribution in [0.1, 0.15) is 18.1 Å². The van der Waals surface area contributed by atoms with Gasteiger partial charge in [0.1, 0.15) is 6.04 Å². The van der Waals surface area contributed by atoms with Gasteiger partial charge in [0.05, 0.1) is 16.3 Å². The number of aromatic nitrogens is 1. The number of ether oxygens (including phenoxy) is 1. The number of nitrogens with zero attached hydrogens (tertiary/aromatic N) is 2. The minimum Gasteiger partial charge on any atom is -0.451 e. The molecule has 0 bridgehead atoms. The summed E-state index contributed by atoms with van der Waals surface area (Å²) in [6.45, 7) is 1.43. The third-order valence-corrected chi connectivity index (χ3v) is 6.35. The van der Waals surface area contributed by atoms with Crippen molar-refractivity contribution in [2.45, 2.75) is 32.0 Å². The van der Waals surface area contributed by atoms with Crippen molar-refractivity contribution >= 4 is 50.9 Å². The summed E-state index contributed by atoms with van der Waals surface area (Å²) in [6.07, 6.45) is 1.29. The van der Waals surface area contributed by atoms with Crippen LogP contribution in [0.5, 0.6) is 0 Å². The third kappa shape index (κ3) is 5.10. The van der Waals surface area contributed by atoms with E-state index in [2.05, 4.69) is 10.3 Å². The number of hydrogen-bond donors (Lipinski definition) is 1. The van der Waals surface area contributed by atoms with Crippen molar-refractivity contribution in [3.8, 4) is 0 Å². The smallest absolute Gasteiger partial charge is 0.325 e. The number of rotatable bonds is 5. The third-order valence-electron chi connectivity index (χ3n) is 4.62. The molecule has 0 spiro atoms. The van der Waals surface area contributed by atoms with Gasteiger partial charge in [0.25, 0.3) is 5.91 Å². The molecule has 160 valence electrons. The fourth-order valence-electron chi connectivity index (χ4n) is 3.08. The number of esters is 1. The van der Waals surface area contributed by atoms with Gasteiger partial charge in [0.2, 0.25) is 10.0 Å². The highest BCUT2D eigenvalue weighted by molar-refractivity contribution is 7.88. The minimum atomic E-state index is -3.69. The van der Waals surface area contributed by atoms with Crippen LogP contribution in [-0.4, -0.2) is 48.0 Å². The lowest BCUT2D eigenvalue weighted by Crippen LogP contribution is -2.50. The highest BCUT2D eigenvalue weighted by atomic mass is 35.5. The molecule has 1 amide bonds. The summed E-state index contributed by atoms with van der Waals surface area (Å²) in [6, 6.07) is 7.61. The number of halogens is 2. The number of carbonyl (C=O) groups is 2. The molecular weight excluding hydrogens is 453 g/mol. The largest absolute Gasteiger partial charge is 0.451 e. The quantitative estimate of drug-likeness (QED) is 0.671. The van der Waals surface area contributed by atoms with Gasteiger partial charge in [-0.05, 0) is 24.1 Å². The number of benzene rings is 1. The number of hydrogen-bond acceptors (Lipinski definition) is 6. The van der Waals surface area contributed by atoms with Crippen LogP contribution in [-0.2, 0) is 37.3 Å². The van der Waals surface area contributed by atoms with E-state index in [1.165, 1.54) is 19.2 Å². The Morgan fingerprint density at radius 3 is 2.57 bits per heavy atom. The Balaban J connectivity index is 1.73. The van der Waals surface area contributed by atoms with E-state index in [4.69, 9.17) is 27.9 Å². The molecular formula is C19H19Cl2N3O5S. The molecule has 0 saturated carbocycles. The Bertz CT molecular complexity index is 1090. The van der Waals surface area contributed by atoms with Crippen LogP contribution in [0, 0.1) is 0 Å². The van der Waals surface area contributed by atoms with E-state index in [9.17, 15) is 18.0 Å². The zero-order valence-corrected chi connectivity index (χ0v) is 18.5. The fraction of sp³-hybridized carbons (Fsp3) is 0.316. The number of amides is 1. The molecule has 0 fully saturated rings. The first-order chi connectivity index (χ1) is 14.1. The number of sulfonamides is 1. The summed E-state index contributed by atoms with van der Waals surface area (Å²) in [5.41, 5.74) is 1.68. The van der Waals surface area contributed by atoms with E-state index in [1.54, 1.807) is 6.07 Å². The first-order valence-electron chi connectivity index (χ1n) is 8.92. The van der Waals surface area contributed by atoms with Crippen molar-refractivity contribution in [2.24, 2.45) is 0 Å². The van der Waals surface area contributed by atoms with Gasteiger partial charge in [-0.15, -0.1) is 0 Å². The Morgan fingerprint density at radius 2 is 1.93 bits per heavy atom. The van der Waals surface area contributed by atoms with Gasteiger partial charge >= 0.3 is 5.97 Å². The number of fused-ring (bicyclic) bond motifs is 1. The number of nitrogens with one attached hydrogen (secondary N) is 1. The molecule has 30 heavy (non-hydrogen) atoms. The Kier molecular flexibility index (Phi) is 6.66. The maximum atomic E-state index is 12.8. The van der Waals surface area contributed by atoms with Gasteiger partial charge in [-0.3, -0.25) is 9.59 Å². The van der Waals surface area contributed by atoms with E-state index in [1.807, 2.05) is 18.2 Å². The van der Waals surface area contributed by atoms with Crippen LogP contribution in [0.25, 0.3) is 0 Å². The zero-order chi connectivity index (χ0) is 22.1. The predicted molar refractivity (Wildman–Crippen MR) is 113 cm³/mol. The van der Waals surface area contributed by atoms with Crippen molar-refractivity contribution in [3.63, 3.8) is 0 Å². The van der Waals surface area contributed by atoms with Crippen molar-refractivity contribution in [1.82, 2.24) is 9.29 Å². The van der Waals surface area contributed by atoms with E-state index >= 15 is 0 Å². The van der Waals surface area contributed by atoms with Gasteiger partial charge in [-0.2, -0.15) is 4.31 Å². The Morgan fingerprint density at radius 1 is 1.27 bits per heavy atom. The summed E-state index contributed by atoms with van der Waals surface area (Å²) < 4.78 is 30.8. The summed E-state index contributed by atoms with van der Waals surface area (Å²) in [5, 5.41) is 2.88. The maximum Gasteiger partial charge on any atom is 0.325 e. The Hall–Kier alpha value is -2.20. The molecule has 2 atom stereocenters. The molecule has 1 aromatic heterocycles. The van der Waals surface area contributed by atoms with Gasteiger partial charge in [0.15, 0.2) is 11.9 Å². The van der Waals surface area contributed by atoms with Gasteiger partial charge in [-0.25, -0.2) is 13.4 Å². The average Bonchev–Trinajstić information content (AvgIpc) is 2.68. The van der Waals surface area contributed by atoms with Gasteiger partial charge in [0, 0.05) is 19.2 Å². The van der Waals surface area contributed by atoms with Crippen LogP contribution in [0.2, 0.25) is 10.0 Å². The average molecular weight is 472 g/mol. The normalized spacial score (nSPS) is 17.7. The van der Waals surface area contributed by atoms with E-state index in [0.29, 0.717) is 5.02 Å². The molecule has 0 aliphatic carbocycles. The molecule has 0 saturated heterocycles. The second-order valence-corrected chi connectivity index (χ2v) is 9.63. The van der Waals surface area contributed by atoms with Gasteiger partial charge in [-0.1, -0.05) is 47.5 Å². The number of pyridine rings is 1. The number of anilines is 1. The fourth-order valence-corrected chi connectivity index (χ4v) is 4.50. The maximum absolute atomic E-state index is 12.8. The second kappa shape index (κ2) is 8.89. The molecule has 8 nitrogen and oxygen atoms in total. The van der Waals surface area contributed by atoms with Crippen LogP contribution in [0.3, 0.4) is 0 Å². The molecule has 3 rings (SSSR count). The zero-order valence-electron chi connectivity index (χ0n) is 16.1. The molecule has 1 aromatic carbocycles. The highest BCUT2D eigenvalue weighted by Crippen LogP contribution is 2.27. The van der Waals surface area contributed by atoms with Crippen molar-refractivity contribution < 1.29 is 22.7 Å². The van der Waals surface area contributed by atoms with E-state index in [0.717, 1.165) is 21.7 Å². The first-order valence-corrected chi connectivity index (χ1v) is 11.5. The van der Waals surface area contributed by atoms with Crippen LogP contribution in [0.15, 0.2) is 36.5 Å². The standard InChI is InChI=1S/C19H19Cl2N3O5S/c1-11(18(25)23-17-15(21)8-14(20)9-22-17)29-19(26)16-7-12-5-3-4-6-13(12)10-24(16)30(2,27)28/h3-6,8-9,11,16H,7,10H2,1-2H3,(H,22,23,25)/t11-,16+/m0/s1. The lowest BCUT2D eigenvalue weighted by Gasteiger charge is -2.33. The van der Waals surface area contributed by atoms with Gasteiger partial charge < -0.3 is 10.1 Å². The molecule has 11 heteroatoms. The van der Waals surface area contributed by atoms with Crippen LogP contribution < -0.4 is 5.32 Å². The second-order valence-electron chi connectivity index (χ2n) is 6.85. The summed E-state index contributed by atoms with van der Waals surface area (Å²) in [5.74, 6) is -1.41. The van der Waals surface area contributed by atoms with Crippen molar-refractivity contribution in [3.05, 3.63) is 57.7 Å². The van der Waals surface area contributed by atoms with Crippen molar-refractivity contribution in [2.75, 3.05) is 11.6 Å². The first kappa shape index (κ1) is 22.5. The molecule has 1 aliphatic rings. The lowest BCUT2D eigenvalue weighted by atomic mass is 9.96. The SMILES string of the molecule is C[C@H](OC(=O)[C@H]1Cc2ccccc2CN1S(C)(=O)=O)C(=O)Nc1ncc(Cl)cc1Cl. The lowest BCUT2D eigenvalue weighted by molar-refractivity contribution is -0.157. The van der Waals surface area contributed by atoms with Crippen LogP contribution >= 0.6 is 23.2 Å². The van der Waals surface area contributed by atoms with Crippen LogP contribution in [0.4, 0.5) is 5.82 Å². The molecule has 1 aliphatic heterocycles. The van der Waals surface area contributed by atoms with E-state index in [-0.39, 0.29) is 23.8 Å². The molecule has 1 N–H and O–H groups in total. The number of carbonyl (C=O) groups excluding carboxylic acids is 2. The molecule has 0 radical (unpaired) electrons. The topological polar surface area (TPSA) is 106 Å². The van der Waals surface area contributed by atoms with Crippen molar-refractivity contribution in [1.29, 1.82) is 0 Å². The summed E-state index contributed by atoms with van der Waals surface area (Å²) in [4.78, 5) is 29.1. The monoisotopic (exact) mass is 471 g/mol. The minimum absolute atomic E-state index is 0.0552. The summed E-state index contributed by atoms with van der Waals surface area (Å²) in [7, 11) is -3.69. The molecule has 2 heterocycles. The predicted octanol–water partition coefficient (Wildman–Crippen LogP) is 2.65. The highest BCUT2D eigenvalue weighted by Gasteiger charge is 2.39. The summed E-state index contributed by atoms with van der Waals surface area (Å²) >= 11 is 11.8. The molecule has 0 unspecified atom stereocenters. The molecule has 2 aromatic rings. The van der Waals surface area contributed by atoms with E-state index < -0.39 is 34.0 Å².